The van der Waals surface area contributed by atoms with Crippen molar-refractivity contribution in [3.05, 3.63) is 60.8 Å². The molecule has 0 radical (unpaired) electrons. The van der Waals surface area contributed by atoms with Gasteiger partial charge in [0.2, 0.25) is 0 Å². The lowest BCUT2D eigenvalue weighted by Crippen LogP contribution is -2.37. The quantitative estimate of drug-likeness (QED) is 0.0212. The van der Waals surface area contributed by atoms with Gasteiger partial charge in [-0.3, -0.25) is 18.6 Å². The van der Waals surface area contributed by atoms with Crippen molar-refractivity contribution in [3.8, 4) is 0 Å². The number of esters is 2. The Labute approximate surface area is 368 Å². The lowest BCUT2D eigenvalue weighted by molar-refractivity contribution is -0.870. The van der Waals surface area contributed by atoms with E-state index in [2.05, 4.69) is 74.6 Å². The van der Waals surface area contributed by atoms with E-state index in [9.17, 15) is 19.0 Å². The number of carbonyl (C=O) groups excluding carboxylic acids is 2. The summed E-state index contributed by atoms with van der Waals surface area (Å²) in [5.41, 5.74) is 0. The SMILES string of the molecule is CCCCC/C=C\C/C=C\C/C=C\CCCCCCC(=O)OC[C@H](COP(=O)(O)OCC[N+](C)(C)C)OC(=O)CCCCCCCCCCC/C=C\C/C=C\CCCCC. The molecule has 0 aliphatic heterocycles. The van der Waals surface area contributed by atoms with Gasteiger partial charge in [-0.15, -0.1) is 0 Å². The van der Waals surface area contributed by atoms with Crippen LogP contribution in [0.5, 0.6) is 0 Å². The van der Waals surface area contributed by atoms with Gasteiger partial charge in [0, 0.05) is 12.8 Å². The smallest absolute Gasteiger partial charge is 0.462 e. The summed E-state index contributed by atoms with van der Waals surface area (Å²) in [5.74, 6) is -0.830. The predicted molar refractivity (Wildman–Crippen MR) is 252 cm³/mol. The first-order valence-corrected chi connectivity index (χ1v) is 25.5. The summed E-state index contributed by atoms with van der Waals surface area (Å²) in [6.45, 7) is 4.34. The van der Waals surface area contributed by atoms with E-state index in [1.807, 2.05) is 21.1 Å². The Morgan fingerprint density at radius 2 is 0.900 bits per heavy atom. The molecule has 0 bridgehead atoms. The molecule has 0 aromatic rings. The minimum absolute atomic E-state index is 0.0247. The first kappa shape index (κ1) is 57.7. The van der Waals surface area contributed by atoms with Gasteiger partial charge in [-0.25, -0.2) is 4.57 Å². The van der Waals surface area contributed by atoms with E-state index in [-0.39, 0.29) is 26.1 Å². The van der Waals surface area contributed by atoms with Gasteiger partial charge in [0.1, 0.15) is 19.8 Å². The molecule has 0 aromatic carbocycles. The minimum Gasteiger partial charge on any atom is -0.462 e. The van der Waals surface area contributed by atoms with Gasteiger partial charge in [0.05, 0.1) is 27.7 Å². The molecular formula is C50H91NO8P+. The Morgan fingerprint density at radius 3 is 1.33 bits per heavy atom. The van der Waals surface area contributed by atoms with Crippen LogP contribution in [0.2, 0.25) is 0 Å². The maximum Gasteiger partial charge on any atom is 0.472 e. The van der Waals surface area contributed by atoms with E-state index < -0.39 is 32.5 Å². The number of ether oxygens (including phenoxy) is 2. The van der Waals surface area contributed by atoms with Gasteiger partial charge in [0.15, 0.2) is 6.10 Å². The fraction of sp³-hybridized carbons (Fsp3) is 0.760. The lowest BCUT2D eigenvalue weighted by atomic mass is 10.1. The second-order valence-electron chi connectivity index (χ2n) is 17.1. The highest BCUT2D eigenvalue weighted by Crippen LogP contribution is 2.43. The van der Waals surface area contributed by atoms with E-state index in [1.165, 1.54) is 83.5 Å². The third-order valence-corrected chi connectivity index (χ3v) is 11.0. The maximum absolute atomic E-state index is 12.7. The standard InChI is InChI=1S/C50H90NO8P/c1-6-8-10-12-14-16-18-20-22-24-25-27-29-31-33-35-37-39-41-43-50(53)59-48(47-58-60(54,55)57-45-44-51(3,4)5)46-56-49(52)42-40-38-36-34-32-30-28-26-23-21-19-17-15-13-11-9-7-2/h14-17,20-23,28,30,48H,6-13,18-19,24-27,29,31-47H2,1-5H3/p+1/b16-14-,17-15-,22-20-,23-21-,30-28-/t48-/m1/s1. The first-order valence-electron chi connectivity index (χ1n) is 24.0. The van der Waals surface area contributed by atoms with Crippen LogP contribution in [0, 0.1) is 0 Å². The molecule has 0 aliphatic carbocycles. The minimum atomic E-state index is -4.39. The molecule has 0 amide bonds. The Hall–Kier alpha value is -2.29. The Kier molecular flexibility index (Phi) is 40.4. The third kappa shape index (κ3) is 45.2. The summed E-state index contributed by atoms with van der Waals surface area (Å²) >= 11 is 0. The number of allylic oxidation sites excluding steroid dienone is 10. The highest BCUT2D eigenvalue weighted by Gasteiger charge is 2.27. The monoisotopic (exact) mass is 865 g/mol. The van der Waals surface area contributed by atoms with Crippen molar-refractivity contribution in [2.75, 3.05) is 47.5 Å². The molecule has 9 nitrogen and oxygen atoms in total. The zero-order valence-electron chi connectivity index (χ0n) is 39.2. The third-order valence-electron chi connectivity index (χ3n) is 10.0. The number of unbranched alkanes of at least 4 members (excludes halogenated alkanes) is 19. The van der Waals surface area contributed by atoms with Crippen molar-refractivity contribution in [2.45, 2.75) is 200 Å². The van der Waals surface area contributed by atoms with Crippen molar-refractivity contribution in [1.82, 2.24) is 0 Å². The molecule has 10 heteroatoms. The second-order valence-corrected chi connectivity index (χ2v) is 18.6. The van der Waals surface area contributed by atoms with Gasteiger partial charge in [-0.1, -0.05) is 158 Å². The molecule has 0 aromatic heterocycles. The van der Waals surface area contributed by atoms with Crippen molar-refractivity contribution < 1.29 is 42.1 Å². The average Bonchev–Trinajstić information content (AvgIpc) is 3.20. The number of quaternary nitrogens is 1. The van der Waals surface area contributed by atoms with Crippen LogP contribution in [0.3, 0.4) is 0 Å². The van der Waals surface area contributed by atoms with Gasteiger partial charge in [-0.2, -0.15) is 0 Å². The number of phosphoric ester groups is 1. The molecule has 0 spiro atoms. The first-order chi connectivity index (χ1) is 29.0. The summed E-state index contributed by atoms with van der Waals surface area (Å²) in [5, 5.41) is 0. The van der Waals surface area contributed by atoms with Crippen LogP contribution < -0.4 is 0 Å². The molecule has 348 valence electrons. The van der Waals surface area contributed by atoms with E-state index in [0.29, 0.717) is 23.9 Å². The van der Waals surface area contributed by atoms with Gasteiger partial charge >= 0.3 is 19.8 Å². The fourth-order valence-corrected chi connectivity index (χ4v) is 6.97. The van der Waals surface area contributed by atoms with Gasteiger partial charge in [0.25, 0.3) is 0 Å². The number of phosphoric acid groups is 1. The van der Waals surface area contributed by atoms with Gasteiger partial charge in [-0.05, 0) is 83.5 Å². The van der Waals surface area contributed by atoms with E-state index >= 15 is 0 Å². The topological polar surface area (TPSA) is 108 Å². The largest absolute Gasteiger partial charge is 0.472 e. The summed E-state index contributed by atoms with van der Waals surface area (Å²) < 4.78 is 34.4. The molecular weight excluding hydrogens is 774 g/mol. The number of hydrogen-bond acceptors (Lipinski definition) is 7. The summed E-state index contributed by atoms with van der Waals surface area (Å²) in [6, 6.07) is 0. The Morgan fingerprint density at radius 1 is 0.517 bits per heavy atom. The molecule has 0 saturated carbocycles. The highest BCUT2D eigenvalue weighted by atomic mass is 31.2. The molecule has 0 aliphatic rings. The predicted octanol–water partition coefficient (Wildman–Crippen LogP) is 14.0. The Balaban J connectivity index is 4.36. The van der Waals surface area contributed by atoms with Crippen LogP contribution >= 0.6 is 7.82 Å². The zero-order chi connectivity index (χ0) is 44.3. The van der Waals surface area contributed by atoms with Crippen LogP contribution in [0.4, 0.5) is 0 Å². The summed E-state index contributed by atoms with van der Waals surface area (Å²) in [7, 11) is 1.45. The van der Waals surface area contributed by atoms with Crippen molar-refractivity contribution in [3.63, 3.8) is 0 Å². The molecule has 0 saturated heterocycles. The lowest BCUT2D eigenvalue weighted by Gasteiger charge is -2.24. The van der Waals surface area contributed by atoms with E-state index in [0.717, 1.165) is 70.6 Å². The van der Waals surface area contributed by atoms with Crippen LogP contribution in [-0.2, 0) is 32.7 Å². The number of likely N-dealkylation sites (N-methyl/N-ethyl adjacent to an activating group) is 1. The number of hydrogen-bond donors (Lipinski definition) is 1. The summed E-state index contributed by atoms with van der Waals surface area (Å²) in [4.78, 5) is 35.5. The maximum atomic E-state index is 12.7. The number of nitrogens with zero attached hydrogens (tertiary/aromatic N) is 1. The Bertz CT molecular complexity index is 1210. The summed E-state index contributed by atoms with van der Waals surface area (Å²) in [6.07, 6.45) is 51.2. The molecule has 1 N–H and O–H groups in total. The molecule has 0 rings (SSSR count). The van der Waals surface area contributed by atoms with E-state index in [1.54, 1.807) is 0 Å². The molecule has 60 heavy (non-hydrogen) atoms. The van der Waals surface area contributed by atoms with Crippen LogP contribution in [0.1, 0.15) is 194 Å². The normalized spacial score (nSPS) is 14.0. The van der Waals surface area contributed by atoms with Crippen molar-refractivity contribution >= 4 is 19.8 Å². The van der Waals surface area contributed by atoms with Gasteiger partial charge < -0.3 is 18.9 Å². The average molecular weight is 865 g/mol. The van der Waals surface area contributed by atoms with E-state index in [4.69, 9.17) is 18.5 Å². The highest BCUT2D eigenvalue weighted by molar-refractivity contribution is 7.47. The second kappa shape index (κ2) is 42.0. The molecule has 0 fully saturated rings. The van der Waals surface area contributed by atoms with Crippen LogP contribution in [0.25, 0.3) is 0 Å². The van der Waals surface area contributed by atoms with Crippen LogP contribution in [0.15, 0.2) is 60.8 Å². The van der Waals surface area contributed by atoms with Crippen molar-refractivity contribution in [2.24, 2.45) is 0 Å². The molecule has 0 heterocycles. The van der Waals surface area contributed by atoms with Crippen molar-refractivity contribution in [1.29, 1.82) is 0 Å². The number of carbonyl (C=O) groups is 2. The zero-order valence-corrected chi connectivity index (χ0v) is 40.1. The van der Waals surface area contributed by atoms with Crippen LogP contribution in [-0.4, -0.2) is 74.9 Å². The number of rotatable bonds is 43. The molecule has 2 atom stereocenters. The molecule has 1 unspecified atom stereocenters. The fourth-order valence-electron chi connectivity index (χ4n) is 6.23.